The Balaban J connectivity index is 0.000000461. The van der Waals surface area contributed by atoms with Crippen LogP contribution in [0.1, 0.15) is 13.8 Å². The predicted octanol–water partition coefficient (Wildman–Crippen LogP) is 1.21. The van der Waals surface area contributed by atoms with E-state index in [-0.39, 0.29) is 0 Å². The van der Waals surface area contributed by atoms with Crippen LogP contribution in [-0.4, -0.2) is 0 Å². The highest BCUT2D eigenvalue weighted by Gasteiger charge is 2.04. The topological polar surface area (TPSA) is 36.1 Å². The Kier molecular flexibility index (Phi) is 4.94. The Morgan fingerprint density at radius 1 is 1.00 bits per heavy atom. The molecule has 0 amide bonds. The number of rotatable bonds is 2. The van der Waals surface area contributed by atoms with Crippen molar-refractivity contribution in [3.8, 4) is 0 Å². The minimum absolute atomic E-state index is 0.921. The molecular formula is C8H15N3. The summed E-state index contributed by atoms with van der Waals surface area (Å²) in [6.45, 7) is 11.2. The van der Waals surface area contributed by atoms with Crippen LogP contribution in [0.4, 0.5) is 0 Å². The van der Waals surface area contributed by atoms with Gasteiger partial charge in [-0.25, -0.2) is 0 Å². The van der Waals surface area contributed by atoms with Gasteiger partial charge in [0.25, 0.3) is 0 Å². The van der Waals surface area contributed by atoms with Crippen LogP contribution in [0, 0.1) is 0 Å². The fraction of sp³-hybridized carbons (Fsp3) is 0.250. The molecule has 0 aliphatic carbocycles. The number of hydrazine groups is 2. The summed E-state index contributed by atoms with van der Waals surface area (Å²) in [5, 5.41) is 0. The van der Waals surface area contributed by atoms with E-state index < -0.39 is 0 Å². The lowest BCUT2D eigenvalue weighted by Gasteiger charge is -1.92. The van der Waals surface area contributed by atoms with Gasteiger partial charge in [0.15, 0.2) is 0 Å². The van der Waals surface area contributed by atoms with Gasteiger partial charge in [-0.3, -0.25) is 0 Å². The summed E-state index contributed by atoms with van der Waals surface area (Å²) in [4.78, 5) is 0. The molecule has 0 atom stereocenters. The highest BCUT2D eigenvalue weighted by atomic mass is 15.6. The Morgan fingerprint density at radius 3 is 1.64 bits per heavy atom. The fourth-order valence-electron chi connectivity index (χ4n) is 0.623. The van der Waals surface area contributed by atoms with Gasteiger partial charge in [-0.1, -0.05) is 27.0 Å². The standard InChI is InChI=1S/C6H9N3.C2H6/c1-3-5-6(4-2)8-9-7-5;1-2/h3-4,7-9H,1-2H2;1-2H3. The summed E-state index contributed by atoms with van der Waals surface area (Å²) >= 11 is 0. The van der Waals surface area contributed by atoms with Crippen LogP contribution in [-0.2, 0) is 0 Å². The van der Waals surface area contributed by atoms with Crippen molar-refractivity contribution < 1.29 is 0 Å². The monoisotopic (exact) mass is 153 g/mol. The van der Waals surface area contributed by atoms with E-state index in [1.807, 2.05) is 13.8 Å². The molecule has 3 N–H and O–H groups in total. The zero-order valence-electron chi connectivity index (χ0n) is 7.07. The third-order valence-electron chi connectivity index (χ3n) is 1.09. The first kappa shape index (κ1) is 9.78. The lowest BCUT2D eigenvalue weighted by molar-refractivity contribution is 0.598. The van der Waals surface area contributed by atoms with Crippen LogP contribution in [0.5, 0.6) is 0 Å². The summed E-state index contributed by atoms with van der Waals surface area (Å²) in [5.41, 5.74) is 10.2. The summed E-state index contributed by atoms with van der Waals surface area (Å²) in [7, 11) is 0. The van der Waals surface area contributed by atoms with Gasteiger partial charge >= 0.3 is 0 Å². The van der Waals surface area contributed by atoms with Gasteiger partial charge in [0.2, 0.25) is 0 Å². The second-order valence-electron chi connectivity index (χ2n) is 1.61. The van der Waals surface area contributed by atoms with Crippen molar-refractivity contribution in [1.82, 2.24) is 16.4 Å². The Labute approximate surface area is 67.8 Å². The molecule has 0 aromatic rings. The largest absolute Gasteiger partial charge is 0.302 e. The second kappa shape index (κ2) is 5.56. The van der Waals surface area contributed by atoms with Crippen LogP contribution in [0.2, 0.25) is 0 Å². The number of allylic oxidation sites excluding steroid dienone is 2. The van der Waals surface area contributed by atoms with Crippen molar-refractivity contribution in [2.45, 2.75) is 13.8 Å². The van der Waals surface area contributed by atoms with Gasteiger partial charge in [0, 0.05) is 0 Å². The van der Waals surface area contributed by atoms with Gasteiger partial charge < -0.3 is 10.9 Å². The van der Waals surface area contributed by atoms with Crippen molar-refractivity contribution >= 4 is 0 Å². The first-order valence-electron chi connectivity index (χ1n) is 3.64. The molecule has 1 rings (SSSR count). The normalized spacial score (nSPS) is 14.0. The van der Waals surface area contributed by atoms with E-state index in [4.69, 9.17) is 0 Å². The minimum Gasteiger partial charge on any atom is -0.302 e. The molecule has 1 aliphatic rings. The van der Waals surface area contributed by atoms with Crippen LogP contribution in [0.15, 0.2) is 36.7 Å². The highest BCUT2D eigenvalue weighted by molar-refractivity contribution is 5.30. The molecule has 0 aromatic heterocycles. The van der Waals surface area contributed by atoms with E-state index in [1.165, 1.54) is 0 Å². The quantitative estimate of drug-likeness (QED) is 0.558. The first-order chi connectivity index (χ1) is 5.38. The van der Waals surface area contributed by atoms with Crippen LogP contribution < -0.4 is 16.4 Å². The maximum atomic E-state index is 3.59. The van der Waals surface area contributed by atoms with Gasteiger partial charge in [-0.15, -0.1) is 5.53 Å². The third-order valence-corrected chi connectivity index (χ3v) is 1.09. The Bertz CT molecular complexity index is 152. The van der Waals surface area contributed by atoms with Crippen molar-refractivity contribution in [3.05, 3.63) is 36.7 Å². The highest BCUT2D eigenvalue weighted by Crippen LogP contribution is 2.01. The van der Waals surface area contributed by atoms with Crippen LogP contribution in [0.3, 0.4) is 0 Å². The summed E-state index contributed by atoms with van der Waals surface area (Å²) in [5.74, 6) is 0. The van der Waals surface area contributed by atoms with E-state index in [0.29, 0.717) is 0 Å². The smallest absolute Gasteiger partial charge is 0.0744 e. The van der Waals surface area contributed by atoms with Crippen molar-refractivity contribution in [2.75, 3.05) is 0 Å². The summed E-state index contributed by atoms with van der Waals surface area (Å²) in [6, 6.07) is 0. The van der Waals surface area contributed by atoms with Crippen molar-refractivity contribution in [2.24, 2.45) is 0 Å². The van der Waals surface area contributed by atoms with Gasteiger partial charge in [-0.2, -0.15) is 0 Å². The average molecular weight is 153 g/mol. The van der Waals surface area contributed by atoms with E-state index in [1.54, 1.807) is 12.2 Å². The van der Waals surface area contributed by atoms with Gasteiger partial charge in [0.05, 0.1) is 11.4 Å². The lowest BCUT2D eigenvalue weighted by Crippen LogP contribution is -2.32. The fourth-order valence-corrected chi connectivity index (χ4v) is 0.623. The molecule has 0 spiro atoms. The maximum absolute atomic E-state index is 3.59. The first-order valence-corrected chi connectivity index (χ1v) is 3.64. The zero-order valence-corrected chi connectivity index (χ0v) is 7.07. The van der Waals surface area contributed by atoms with E-state index in [0.717, 1.165) is 11.4 Å². The lowest BCUT2D eigenvalue weighted by atomic mass is 10.3. The molecule has 11 heavy (non-hydrogen) atoms. The van der Waals surface area contributed by atoms with E-state index in [9.17, 15) is 0 Å². The third kappa shape index (κ3) is 2.47. The molecule has 3 heteroatoms. The minimum atomic E-state index is 0.921. The molecule has 0 unspecified atom stereocenters. The summed E-state index contributed by atoms with van der Waals surface area (Å²) < 4.78 is 0. The van der Waals surface area contributed by atoms with Crippen molar-refractivity contribution in [3.63, 3.8) is 0 Å². The Morgan fingerprint density at radius 2 is 1.36 bits per heavy atom. The van der Waals surface area contributed by atoms with Gasteiger partial charge in [-0.05, 0) is 12.2 Å². The molecule has 1 aliphatic heterocycles. The molecular weight excluding hydrogens is 138 g/mol. The van der Waals surface area contributed by atoms with Gasteiger partial charge in [0.1, 0.15) is 0 Å². The number of hydrogen-bond acceptors (Lipinski definition) is 3. The number of hydrogen-bond donors (Lipinski definition) is 3. The Hall–Kier alpha value is -1.22. The molecule has 0 saturated heterocycles. The predicted molar refractivity (Wildman–Crippen MR) is 48.2 cm³/mol. The summed E-state index contributed by atoms with van der Waals surface area (Å²) in [6.07, 6.45) is 3.42. The average Bonchev–Trinajstić information content (AvgIpc) is 2.54. The number of nitrogens with one attached hydrogen (secondary N) is 3. The molecule has 0 fully saturated rings. The molecule has 0 aromatic carbocycles. The molecule has 0 saturated carbocycles. The molecule has 62 valence electrons. The maximum Gasteiger partial charge on any atom is 0.0744 e. The molecule has 0 bridgehead atoms. The molecule has 3 nitrogen and oxygen atoms in total. The van der Waals surface area contributed by atoms with Crippen molar-refractivity contribution in [1.29, 1.82) is 0 Å². The van der Waals surface area contributed by atoms with E-state index in [2.05, 4.69) is 29.5 Å². The second-order valence-corrected chi connectivity index (χ2v) is 1.61. The SMILES string of the molecule is C=CC1=C(C=C)NNN1.CC. The molecule has 1 heterocycles. The zero-order chi connectivity index (χ0) is 8.69. The molecule has 0 radical (unpaired) electrons. The van der Waals surface area contributed by atoms with E-state index >= 15 is 0 Å². The van der Waals surface area contributed by atoms with Crippen LogP contribution >= 0.6 is 0 Å². The van der Waals surface area contributed by atoms with Crippen LogP contribution in [0.25, 0.3) is 0 Å².